The maximum absolute atomic E-state index is 12.4. The summed E-state index contributed by atoms with van der Waals surface area (Å²) < 4.78 is 5.28. The van der Waals surface area contributed by atoms with Crippen LogP contribution in [0.2, 0.25) is 0 Å². The molecule has 0 atom stereocenters. The van der Waals surface area contributed by atoms with Gasteiger partial charge in [0.1, 0.15) is 5.69 Å². The Labute approximate surface area is 134 Å². The van der Waals surface area contributed by atoms with Crippen LogP contribution in [0.3, 0.4) is 0 Å². The number of hydrogen-bond acceptors (Lipinski definition) is 6. The molecule has 8 heteroatoms. The number of amides is 1. The number of anilines is 1. The van der Waals surface area contributed by atoms with Crippen LogP contribution in [-0.4, -0.2) is 43.7 Å². The van der Waals surface area contributed by atoms with Crippen molar-refractivity contribution >= 4 is 17.3 Å². The summed E-state index contributed by atoms with van der Waals surface area (Å²) in [5.41, 5.74) is 5.67. The van der Waals surface area contributed by atoms with Crippen molar-refractivity contribution in [2.45, 2.75) is 12.8 Å². The highest BCUT2D eigenvalue weighted by Gasteiger charge is 2.38. The van der Waals surface area contributed by atoms with Crippen LogP contribution < -0.4 is 16.4 Å². The molecule has 2 rings (SSSR count). The van der Waals surface area contributed by atoms with Crippen molar-refractivity contribution in [2.75, 3.05) is 38.2 Å². The minimum Gasteiger partial charge on any atom is -0.381 e. The third kappa shape index (κ3) is 4.17. The second-order valence-corrected chi connectivity index (χ2v) is 5.55. The molecule has 126 valence electrons. The van der Waals surface area contributed by atoms with E-state index in [0.29, 0.717) is 51.4 Å². The molecule has 0 aliphatic carbocycles. The number of benzene rings is 1. The van der Waals surface area contributed by atoms with E-state index >= 15 is 0 Å². The minimum absolute atomic E-state index is 0.0154. The quantitative estimate of drug-likeness (QED) is 0.389. The van der Waals surface area contributed by atoms with Crippen LogP contribution in [0.15, 0.2) is 24.3 Å². The molecular formula is C15H22N4O4. The van der Waals surface area contributed by atoms with Crippen LogP contribution in [0.5, 0.6) is 0 Å². The zero-order chi connectivity index (χ0) is 16.7. The fraction of sp³-hybridized carbons (Fsp3) is 0.533. The molecule has 1 aromatic carbocycles. The summed E-state index contributed by atoms with van der Waals surface area (Å²) in [7, 11) is 0. The lowest BCUT2D eigenvalue weighted by molar-refractivity contribution is -0.384. The first-order chi connectivity index (χ1) is 11.1. The molecule has 1 fully saturated rings. The van der Waals surface area contributed by atoms with E-state index in [1.165, 1.54) is 6.07 Å². The first kappa shape index (κ1) is 17.2. The smallest absolute Gasteiger partial charge is 0.292 e. The van der Waals surface area contributed by atoms with E-state index in [9.17, 15) is 14.9 Å². The molecule has 0 unspecified atom stereocenters. The normalized spacial score (nSPS) is 16.6. The van der Waals surface area contributed by atoms with Crippen molar-refractivity contribution in [1.29, 1.82) is 0 Å². The number of nitrogens with one attached hydrogen (secondary N) is 2. The fourth-order valence-electron chi connectivity index (χ4n) is 2.63. The minimum atomic E-state index is -0.559. The molecule has 0 aromatic heterocycles. The Bertz CT molecular complexity index is 558. The molecular weight excluding hydrogens is 300 g/mol. The van der Waals surface area contributed by atoms with Crippen molar-refractivity contribution in [2.24, 2.45) is 11.1 Å². The van der Waals surface area contributed by atoms with Crippen LogP contribution in [0.1, 0.15) is 12.8 Å². The van der Waals surface area contributed by atoms with Crippen LogP contribution in [0.25, 0.3) is 0 Å². The average molecular weight is 322 g/mol. The zero-order valence-electron chi connectivity index (χ0n) is 12.9. The van der Waals surface area contributed by atoms with Gasteiger partial charge in [0, 0.05) is 38.9 Å². The molecule has 4 N–H and O–H groups in total. The Morgan fingerprint density at radius 3 is 2.65 bits per heavy atom. The molecule has 1 heterocycles. The summed E-state index contributed by atoms with van der Waals surface area (Å²) in [6.07, 6.45) is 1.24. The van der Waals surface area contributed by atoms with Gasteiger partial charge >= 0.3 is 0 Å². The third-order valence-electron chi connectivity index (χ3n) is 4.15. The summed E-state index contributed by atoms with van der Waals surface area (Å²) in [6, 6.07) is 6.41. The molecule has 8 nitrogen and oxygen atoms in total. The SMILES string of the molecule is NCC1(C(=O)NCCNc2ccccc2[N+](=O)[O-])CCOCC1. The Morgan fingerprint density at radius 2 is 2.00 bits per heavy atom. The first-order valence-electron chi connectivity index (χ1n) is 7.62. The second kappa shape index (κ2) is 7.89. The van der Waals surface area contributed by atoms with Crippen molar-refractivity contribution in [3.05, 3.63) is 34.4 Å². The summed E-state index contributed by atoms with van der Waals surface area (Å²) in [5.74, 6) is -0.0762. The highest BCUT2D eigenvalue weighted by Crippen LogP contribution is 2.29. The highest BCUT2D eigenvalue weighted by molar-refractivity contribution is 5.83. The van der Waals surface area contributed by atoms with Gasteiger partial charge < -0.3 is 21.1 Å². The molecule has 1 aliphatic heterocycles. The molecule has 0 spiro atoms. The van der Waals surface area contributed by atoms with E-state index in [4.69, 9.17) is 10.5 Å². The topological polar surface area (TPSA) is 120 Å². The Balaban J connectivity index is 1.83. The molecule has 1 saturated heterocycles. The second-order valence-electron chi connectivity index (χ2n) is 5.55. The molecule has 1 aromatic rings. The van der Waals surface area contributed by atoms with Crippen molar-refractivity contribution in [3.8, 4) is 0 Å². The van der Waals surface area contributed by atoms with Crippen LogP contribution >= 0.6 is 0 Å². The zero-order valence-corrected chi connectivity index (χ0v) is 12.9. The number of carbonyl (C=O) groups is 1. The van der Waals surface area contributed by atoms with Gasteiger partial charge in [-0.15, -0.1) is 0 Å². The summed E-state index contributed by atoms with van der Waals surface area (Å²) >= 11 is 0. The van der Waals surface area contributed by atoms with E-state index in [-0.39, 0.29) is 11.6 Å². The lowest BCUT2D eigenvalue weighted by atomic mass is 9.79. The maximum Gasteiger partial charge on any atom is 0.292 e. The number of nitro benzene ring substituents is 1. The number of para-hydroxylation sites is 2. The third-order valence-corrected chi connectivity index (χ3v) is 4.15. The Morgan fingerprint density at radius 1 is 1.30 bits per heavy atom. The van der Waals surface area contributed by atoms with Crippen molar-refractivity contribution < 1.29 is 14.5 Å². The molecule has 23 heavy (non-hydrogen) atoms. The van der Waals surface area contributed by atoms with E-state index in [1.54, 1.807) is 18.2 Å². The van der Waals surface area contributed by atoms with Crippen LogP contribution in [-0.2, 0) is 9.53 Å². The van der Waals surface area contributed by atoms with E-state index in [0.717, 1.165) is 0 Å². The maximum atomic E-state index is 12.4. The predicted molar refractivity (Wildman–Crippen MR) is 86.1 cm³/mol. The first-order valence-corrected chi connectivity index (χ1v) is 7.62. The number of carbonyl (C=O) groups excluding carboxylic acids is 1. The Hall–Kier alpha value is -2.19. The van der Waals surface area contributed by atoms with E-state index < -0.39 is 10.3 Å². The van der Waals surface area contributed by atoms with Gasteiger partial charge in [0.05, 0.1) is 10.3 Å². The monoisotopic (exact) mass is 322 g/mol. The van der Waals surface area contributed by atoms with Crippen LogP contribution in [0.4, 0.5) is 11.4 Å². The lowest BCUT2D eigenvalue weighted by Crippen LogP contribution is -2.50. The van der Waals surface area contributed by atoms with Gasteiger partial charge in [0.15, 0.2) is 0 Å². The van der Waals surface area contributed by atoms with Gasteiger partial charge in [-0.3, -0.25) is 14.9 Å². The standard InChI is InChI=1S/C15H22N4O4/c16-11-15(5-9-23-10-6-15)14(20)18-8-7-17-12-3-1-2-4-13(12)19(21)22/h1-4,17H,5-11,16H2,(H,18,20). The molecule has 0 radical (unpaired) electrons. The highest BCUT2D eigenvalue weighted by atomic mass is 16.6. The number of nitrogens with two attached hydrogens (primary N) is 1. The summed E-state index contributed by atoms with van der Waals surface area (Å²) in [6.45, 7) is 2.14. The molecule has 1 amide bonds. The average Bonchev–Trinajstić information content (AvgIpc) is 2.59. The van der Waals surface area contributed by atoms with Gasteiger partial charge in [0.25, 0.3) is 5.69 Å². The van der Waals surface area contributed by atoms with E-state index in [2.05, 4.69) is 10.6 Å². The number of rotatable bonds is 7. The summed E-state index contributed by atoms with van der Waals surface area (Å²) in [4.78, 5) is 22.8. The number of nitro groups is 1. The number of nitrogens with zero attached hydrogens (tertiary/aromatic N) is 1. The largest absolute Gasteiger partial charge is 0.381 e. The van der Waals surface area contributed by atoms with Gasteiger partial charge in [0.2, 0.25) is 5.91 Å². The van der Waals surface area contributed by atoms with Gasteiger partial charge in [-0.25, -0.2) is 0 Å². The molecule has 1 aliphatic rings. The lowest BCUT2D eigenvalue weighted by Gasteiger charge is -2.34. The predicted octanol–water partition coefficient (Wildman–Crippen LogP) is 0.878. The van der Waals surface area contributed by atoms with E-state index in [1.807, 2.05) is 0 Å². The van der Waals surface area contributed by atoms with Crippen molar-refractivity contribution in [3.63, 3.8) is 0 Å². The van der Waals surface area contributed by atoms with Crippen molar-refractivity contribution in [1.82, 2.24) is 5.32 Å². The summed E-state index contributed by atoms with van der Waals surface area (Å²) in [5, 5.41) is 16.7. The van der Waals surface area contributed by atoms with Gasteiger partial charge in [-0.05, 0) is 18.9 Å². The molecule has 0 bridgehead atoms. The fourth-order valence-corrected chi connectivity index (χ4v) is 2.63. The van der Waals surface area contributed by atoms with Crippen LogP contribution in [0, 0.1) is 15.5 Å². The molecule has 0 saturated carbocycles. The Kier molecular flexibility index (Phi) is 5.89. The number of ether oxygens (including phenoxy) is 1. The van der Waals surface area contributed by atoms with Gasteiger partial charge in [-0.1, -0.05) is 12.1 Å². The number of hydrogen-bond donors (Lipinski definition) is 3. The van der Waals surface area contributed by atoms with Gasteiger partial charge in [-0.2, -0.15) is 0 Å².